The van der Waals surface area contributed by atoms with Crippen molar-refractivity contribution < 1.29 is 8.95 Å². The molecule has 0 aliphatic rings. The van der Waals surface area contributed by atoms with Crippen molar-refractivity contribution in [2.24, 2.45) is 0 Å². The Balaban J connectivity index is 2.92. The minimum atomic E-state index is -1.04. The van der Waals surface area contributed by atoms with Gasteiger partial charge in [-0.15, -0.1) is 0 Å². The van der Waals surface area contributed by atoms with E-state index in [4.69, 9.17) is 4.74 Å². The number of nitrogens with one attached hydrogen (secondary N) is 1. The molecule has 0 fully saturated rings. The summed E-state index contributed by atoms with van der Waals surface area (Å²) in [5, 5.41) is 0. The first-order chi connectivity index (χ1) is 6.13. The number of anilines is 1. The molecule has 0 aliphatic heterocycles. The summed E-state index contributed by atoms with van der Waals surface area (Å²) in [5.41, 5.74) is 1.87. The van der Waals surface area contributed by atoms with Gasteiger partial charge in [-0.1, -0.05) is 6.07 Å². The molecule has 4 heteroatoms. The van der Waals surface area contributed by atoms with E-state index in [-0.39, 0.29) is 0 Å². The van der Waals surface area contributed by atoms with Gasteiger partial charge in [-0.2, -0.15) is 0 Å². The van der Waals surface area contributed by atoms with Crippen LogP contribution in [-0.4, -0.2) is 17.6 Å². The lowest BCUT2D eigenvalue weighted by Crippen LogP contribution is -2.01. The molecule has 0 saturated carbocycles. The van der Waals surface area contributed by atoms with Gasteiger partial charge in [0.25, 0.3) is 0 Å². The molecule has 1 aromatic rings. The van der Waals surface area contributed by atoms with Crippen LogP contribution in [0.25, 0.3) is 0 Å². The zero-order chi connectivity index (χ0) is 9.84. The molecule has 0 spiro atoms. The quantitative estimate of drug-likeness (QED) is 0.804. The van der Waals surface area contributed by atoms with Crippen LogP contribution < -0.4 is 9.46 Å². The van der Waals surface area contributed by atoms with Gasteiger partial charge >= 0.3 is 0 Å². The van der Waals surface area contributed by atoms with Crippen molar-refractivity contribution in [2.75, 3.05) is 18.1 Å². The molecular formula is C9H13NO2S. The second-order valence-electron chi connectivity index (χ2n) is 2.74. The molecule has 1 atom stereocenters. The van der Waals surface area contributed by atoms with E-state index in [0.29, 0.717) is 0 Å². The second-order valence-corrected chi connectivity index (χ2v) is 3.85. The number of benzene rings is 1. The number of aryl methyl sites for hydroxylation is 1. The van der Waals surface area contributed by atoms with Crippen molar-refractivity contribution >= 4 is 16.7 Å². The van der Waals surface area contributed by atoms with Crippen molar-refractivity contribution in [1.82, 2.24) is 0 Å². The molecule has 0 radical (unpaired) electrons. The van der Waals surface area contributed by atoms with Gasteiger partial charge in [-0.3, -0.25) is 0 Å². The maximum atomic E-state index is 10.9. The van der Waals surface area contributed by atoms with Crippen LogP contribution in [-0.2, 0) is 11.0 Å². The van der Waals surface area contributed by atoms with E-state index >= 15 is 0 Å². The summed E-state index contributed by atoms with van der Waals surface area (Å²) in [5.74, 6) is 0.801. The van der Waals surface area contributed by atoms with Gasteiger partial charge in [0.05, 0.1) is 7.11 Å². The smallest absolute Gasteiger partial charge is 0.123 e. The topological polar surface area (TPSA) is 38.3 Å². The molecule has 3 nitrogen and oxygen atoms in total. The fourth-order valence-corrected chi connectivity index (χ4v) is 1.51. The zero-order valence-electron chi connectivity index (χ0n) is 7.96. The Bertz CT molecular complexity index is 325. The molecule has 0 aromatic heterocycles. The normalized spacial score (nSPS) is 12.2. The fraction of sp³-hybridized carbons (Fsp3) is 0.333. The molecule has 13 heavy (non-hydrogen) atoms. The first-order valence-corrected chi connectivity index (χ1v) is 5.44. The summed E-state index contributed by atoms with van der Waals surface area (Å²) in [7, 11) is 0.581. The molecule has 1 unspecified atom stereocenters. The molecule has 0 amide bonds. The maximum Gasteiger partial charge on any atom is 0.123 e. The Morgan fingerprint density at radius 2 is 2.15 bits per heavy atom. The first-order valence-electron chi connectivity index (χ1n) is 3.88. The maximum absolute atomic E-state index is 10.9. The molecule has 72 valence electrons. The number of hydrogen-bond donors (Lipinski definition) is 1. The summed E-state index contributed by atoms with van der Waals surface area (Å²) in [4.78, 5) is 0. The number of rotatable bonds is 3. The van der Waals surface area contributed by atoms with E-state index in [9.17, 15) is 4.21 Å². The highest BCUT2D eigenvalue weighted by Crippen LogP contribution is 2.22. The molecule has 0 saturated heterocycles. The van der Waals surface area contributed by atoms with E-state index in [1.165, 1.54) is 0 Å². The molecular weight excluding hydrogens is 186 g/mol. The lowest BCUT2D eigenvalue weighted by molar-refractivity contribution is 0.412. The Hall–Kier alpha value is -1.03. The highest BCUT2D eigenvalue weighted by molar-refractivity contribution is 7.85. The Labute approximate surface area is 80.7 Å². The summed E-state index contributed by atoms with van der Waals surface area (Å²) < 4.78 is 18.8. The predicted molar refractivity (Wildman–Crippen MR) is 55.4 cm³/mol. The highest BCUT2D eigenvalue weighted by Gasteiger charge is 2.00. The minimum Gasteiger partial charge on any atom is -0.496 e. The largest absolute Gasteiger partial charge is 0.496 e. The van der Waals surface area contributed by atoms with Crippen LogP contribution in [0.3, 0.4) is 0 Å². The van der Waals surface area contributed by atoms with Crippen molar-refractivity contribution in [3.05, 3.63) is 23.8 Å². The van der Waals surface area contributed by atoms with Crippen LogP contribution >= 0.6 is 0 Å². The molecule has 1 N–H and O–H groups in total. The van der Waals surface area contributed by atoms with Gasteiger partial charge in [0, 0.05) is 18.0 Å². The third kappa shape index (κ3) is 2.73. The Morgan fingerprint density at radius 3 is 2.69 bits per heavy atom. The van der Waals surface area contributed by atoms with Crippen LogP contribution in [0.4, 0.5) is 5.69 Å². The molecule has 1 rings (SSSR count). The summed E-state index contributed by atoms with van der Waals surface area (Å²) in [6.45, 7) is 1.96. The first kappa shape index (κ1) is 10.1. The number of methoxy groups -OCH3 is 1. The average Bonchev–Trinajstić information content (AvgIpc) is 2.07. The van der Waals surface area contributed by atoms with Gasteiger partial charge in [0.2, 0.25) is 0 Å². The lowest BCUT2D eigenvalue weighted by atomic mass is 10.2. The Kier molecular flexibility index (Phi) is 3.31. The fourth-order valence-electron chi connectivity index (χ4n) is 1.05. The van der Waals surface area contributed by atoms with E-state index in [0.717, 1.165) is 17.0 Å². The van der Waals surface area contributed by atoms with Gasteiger partial charge in [-0.25, -0.2) is 4.21 Å². The van der Waals surface area contributed by atoms with Crippen LogP contribution in [0.5, 0.6) is 5.75 Å². The van der Waals surface area contributed by atoms with E-state index in [1.54, 1.807) is 13.4 Å². The summed E-state index contributed by atoms with van der Waals surface area (Å²) in [6.07, 6.45) is 1.59. The van der Waals surface area contributed by atoms with Crippen LogP contribution in [0, 0.1) is 6.92 Å². The van der Waals surface area contributed by atoms with Crippen LogP contribution in [0.15, 0.2) is 18.2 Å². The van der Waals surface area contributed by atoms with Gasteiger partial charge < -0.3 is 9.46 Å². The summed E-state index contributed by atoms with van der Waals surface area (Å²) >= 11 is 0. The molecule has 1 aromatic carbocycles. The minimum absolute atomic E-state index is 0.801. The van der Waals surface area contributed by atoms with Crippen molar-refractivity contribution in [3.8, 4) is 5.75 Å². The Morgan fingerprint density at radius 1 is 1.46 bits per heavy atom. The summed E-state index contributed by atoms with van der Waals surface area (Å²) in [6, 6.07) is 5.63. The third-order valence-corrected chi connectivity index (χ3v) is 2.19. The van der Waals surface area contributed by atoms with Crippen molar-refractivity contribution in [2.45, 2.75) is 6.92 Å². The van der Waals surface area contributed by atoms with Crippen LogP contribution in [0.1, 0.15) is 5.56 Å². The lowest BCUT2D eigenvalue weighted by Gasteiger charge is -2.07. The van der Waals surface area contributed by atoms with Crippen molar-refractivity contribution in [1.29, 1.82) is 0 Å². The molecule has 0 aliphatic carbocycles. The van der Waals surface area contributed by atoms with Crippen LogP contribution in [0.2, 0.25) is 0 Å². The SMILES string of the molecule is COc1cc(NS(C)=O)ccc1C. The zero-order valence-corrected chi connectivity index (χ0v) is 8.77. The van der Waals surface area contributed by atoms with Gasteiger partial charge in [0.15, 0.2) is 0 Å². The number of ether oxygens (including phenoxy) is 1. The molecule has 0 heterocycles. The molecule has 0 bridgehead atoms. The van der Waals surface area contributed by atoms with E-state index in [1.807, 2.05) is 25.1 Å². The van der Waals surface area contributed by atoms with Crippen molar-refractivity contribution in [3.63, 3.8) is 0 Å². The monoisotopic (exact) mass is 199 g/mol. The third-order valence-electron chi connectivity index (χ3n) is 1.67. The number of hydrogen-bond acceptors (Lipinski definition) is 2. The van der Waals surface area contributed by atoms with Gasteiger partial charge in [-0.05, 0) is 18.6 Å². The second kappa shape index (κ2) is 4.28. The van der Waals surface area contributed by atoms with E-state index in [2.05, 4.69) is 4.72 Å². The average molecular weight is 199 g/mol. The standard InChI is InChI=1S/C9H13NO2S/c1-7-4-5-8(10-13(3)11)6-9(7)12-2/h4-6,10H,1-3H3. The van der Waals surface area contributed by atoms with Gasteiger partial charge in [0.1, 0.15) is 16.7 Å². The highest BCUT2D eigenvalue weighted by atomic mass is 32.2. The predicted octanol–water partition coefficient (Wildman–Crippen LogP) is 1.71. The van der Waals surface area contributed by atoms with E-state index < -0.39 is 11.0 Å².